The molecule has 0 aromatic carbocycles. The van der Waals surface area contributed by atoms with Crippen LogP contribution in [0, 0.1) is 5.92 Å². The molecule has 0 heterocycles. The molecule has 0 saturated heterocycles. The van der Waals surface area contributed by atoms with Crippen molar-refractivity contribution in [3.05, 3.63) is 48.8 Å². The van der Waals surface area contributed by atoms with Crippen molar-refractivity contribution in [1.29, 1.82) is 0 Å². The van der Waals surface area contributed by atoms with Gasteiger partial charge in [-0.05, 0) is 12.3 Å². The lowest BCUT2D eigenvalue weighted by molar-refractivity contribution is -0.113. The van der Waals surface area contributed by atoms with Crippen LogP contribution in [0.25, 0.3) is 0 Å². The van der Waals surface area contributed by atoms with Gasteiger partial charge >= 0.3 is 0 Å². The molecule has 0 spiro atoms. The van der Waals surface area contributed by atoms with Crippen LogP contribution >= 0.6 is 0 Å². The van der Waals surface area contributed by atoms with E-state index in [0.29, 0.717) is 11.1 Å². The molecule has 3 unspecified atom stereocenters. The van der Waals surface area contributed by atoms with Crippen LogP contribution in [0.2, 0.25) is 0 Å². The maximum atomic E-state index is 9.96. The summed E-state index contributed by atoms with van der Waals surface area (Å²) in [5, 5.41) is 19.0. The van der Waals surface area contributed by atoms with E-state index >= 15 is 0 Å². The monoisotopic (exact) mass is 235 g/mol. The fraction of sp³-hybridized carbons (Fsp3) is 0.308. The zero-order chi connectivity index (χ0) is 13.2. The second-order valence-electron chi connectivity index (χ2n) is 3.94. The molecule has 17 heavy (non-hydrogen) atoms. The van der Waals surface area contributed by atoms with Gasteiger partial charge in [0, 0.05) is 12.7 Å². The summed E-state index contributed by atoms with van der Waals surface area (Å²) in [6.45, 7) is 14.2. The topological polar surface area (TPSA) is 62.1 Å². The number of aliphatic hydroxyl groups is 2. The summed E-state index contributed by atoms with van der Waals surface area (Å²) in [6.07, 6.45) is 3.21. The Hall–Kier alpha value is -1.65. The first-order valence-corrected chi connectivity index (χ1v) is 5.05. The zero-order valence-electron chi connectivity index (χ0n) is 9.89. The van der Waals surface area contributed by atoms with Crippen molar-refractivity contribution >= 4 is 6.72 Å². The Morgan fingerprint density at radius 2 is 1.94 bits per heavy atom. The van der Waals surface area contributed by atoms with Crippen LogP contribution in [-0.2, 0) is 4.74 Å². The Balaban J connectivity index is 2.71. The molecule has 1 aliphatic carbocycles. The van der Waals surface area contributed by atoms with Gasteiger partial charge in [0.2, 0.25) is 0 Å². The number of hydrogen-bond acceptors (Lipinski definition) is 4. The SMILES string of the molecule is C=NC1C(C(=C)/C=C\C(=C)C(=C)O)C1(O)OC. The summed E-state index contributed by atoms with van der Waals surface area (Å²) in [6, 6.07) is -0.407. The molecule has 0 aliphatic heterocycles. The normalized spacial score (nSPS) is 31.2. The smallest absolute Gasteiger partial charge is 0.198 e. The Bertz CT molecular complexity index is 411. The molecule has 0 bridgehead atoms. The first-order chi connectivity index (χ1) is 7.88. The van der Waals surface area contributed by atoms with E-state index in [4.69, 9.17) is 9.84 Å². The summed E-state index contributed by atoms with van der Waals surface area (Å²) >= 11 is 0. The number of ether oxygens (including phenoxy) is 1. The van der Waals surface area contributed by atoms with E-state index in [9.17, 15) is 5.11 Å². The van der Waals surface area contributed by atoms with Gasteiger partial charge in [-0.3, -0.25) is 4.99 Å². The Morgan fingerprint density at radius 3 is 2.29 bits per heavy atom. The molecule has 0 aromatic heterocycles. The van der Waals surface area contributed by atoms with Crippen molar-refractivity contribution in [3.63, 3.8) is 0 Å². The molecule has 2 N–H and O–H groups in total. The average molecular weight is 235 g/mol. The minimum absolute atomic E-state index is 0.106. The molecular formula is C13H17NO3. The van der Waals surface area contributed by atoms with Crippen LogP contribution < -0.4 is 0 Å². The van der Waals surface area contributed by atoms with Gasteiger partial charge in [0.15, 0.2) is 5.79 Å². The zero-order valence-corrected chi connectivity index (χ0v) is 9.89. The second-order valence-corrected chi connectivity index (χ2v) is 3.94. The minimum Gasteiger partial charge on any atom is -0.508 e. The van der Waals surface area contributed by atoms with Crippen molar-refractivity contribution in [3.8, 4) is 0 Å². The molecule has 4 heteroatoms. The summed E-state index contributed by atoms with van der Waals surface area (Å²) < 4.78 is 4.98. The highest BCUT2D eigenvalue weighted by Gasteiger charge is 2.66. The molecule has 0 amide bonds. The molecular weight excluding hydrogens is 218 g/mol. The molecule has 1 rings (SSSR count). The van der Waals surface area contributed by atoms with Gasteiger partial charge in [0.1, 0.15) is 11.8 Å². The first kappa shape index (κ1) is 13.4. The van der Waals surface area contributed by atoms with Gasteiger partial charge < -0.3 is 14.9 Å². The van der Waals surface area contributed by atoms with Crippen LogP contribution in [0.1, 0.15) is 0 Å². The molecule has 92 valence electrons. The minimum atomic E-state index is -1.32. The molecule has 1 saturated carbocycles. The molecule has 1 fully saturated rings. The number of allylic oxidation sites excluding steroid dienone is 2. The van der Waals surface area contributed by atoms with Gasteiger partial charge in [0.05, 0.1) is 5.92 Å². The summed E-state index contributed by atoms with van der Waals surface area (Å²) in [5.74, 6) is -1.74. The summed E-state index contributed by atoms with van der Waals surface area (Å²) in [7, 11) is 1.41. The van der Waals surface area contributed by atoms with Gasteiger partial charge in [-0.15, -0.1) is 0 Å². The molecule has 0 radical (unpaired) electrons. The Kier molecular flexibility index (Phi) is 3.70. The van der Waals surface area contributed by atoms with Gasteiger partial charge in [-0.2, -0.15) is 0 Å². The number of methoxy groups -OCH3 is 1. The van der Waals surface area contributed by atoms with Crippen LogP contribution in [0.15, 0.2) is 53.8 Å². The fourth-order valence-electron chi connectivity index (χ4n) is 1.69. The van der Waals surface area contributed by atoms with Crippen LogP contribution in [0.4, 0.5) is 0 Å². The highest BCUT2D eigenvalue weighted by molar-refractivity contribution is 5.41. The fourth-order valence-corrected chi connectivity index (χ4v) is 1.69. The summed E-state index contributed by atoms with van der Waals surface area (Å²) in [5.41, 5.74) is 1.02. The van der Waals surface area contributed by atoms with Crippen LogP contribution in [-0.4, -0.2) is 35.9 Å². The van der Waals surface area contributed by atoms with Crippen LogP contribution in [0.5, 0.6) is 0 Å². The number of aliphatic hydroxyl groups excluding tert-OH is 1. The lowest BCUT2D eigenvalue weighted by atomic mass is 10.1. The maximum Gasteiger partial charge on any atom is 0.198 e. The van der Waals surface area contributed by atoms with Gasteiger partial charge in [-0.1, -0.05) is 31.9 Å². The molecule has 4 nitrogen and oxygen atoms in total. The Morgan fingerprint density at radius 1 is 1.35 bits per heavy atom. The quantitative estimate of drug-likeness (QED) is 0.319. The summed E-state index contributed by atoms with van der Waals surface area (Å²) in [4.78, 5) is 3.78. The second kappa shape index (κ2) is 4.69. The highest BCUT2D eigenvalue weighted by atomic mass is 16.6. The number of nitrogens with zero attached hydrogens (tertiary/aromatic N) is 1. The van der Waals surface area contributed by atoms with E-state index in [1.165, 1.54) is 7.11 Å². The number of hydrogen-bond donors (Lipinski definition) is 2. The molecule has 3 atom stereocenters. The van der Waals surface area contributed by atoms with Gasteiger partial charge in [0.25, 0.3) is 0 Å². The van der Waals surface area contributed by atoms with Crippen LogP contribution in [0.3, 0.4) is 0 Å². The predicted octanol–water partition coefficient (Wildman–Crippen LogP) is 1.76. The van der Waals surface area contributed by atoms with E-state index in [2.05, 4.69) is 31.4 Å². The van der Waals surface area contributed by atoms with Crippen molar-refractivity contribution in [2.75, 3.05) is 7.11 Å². The van der Waals surface area contributed by atoms with E-state index in [1.807, 2.05) is 0 Å². The van der Waals surface area contributed by atoms with Crippen molar-refractivity contribution in [1.82, 2.24) is 0 Å². The number of aliphatic imine (C=N–C) groups is 1. The highest BCUT2D eigenvalue weighted by Crippen LogP contribution is 2.51. The average Bonchev–Trinajstić information content (AvgIpc) is 2.91. The molecule has 0 aromatic rings. The molecule has 1 aliphatic rings. The number of rotatable bonds is 6. The van der Waals surface area contributed by atoms with E-state index in [-0.39, 0.29) is 11.7 Å². The third kappa shape index (κ3) is 2.38. The lowest BCUT2D eigenvalue weighted by Crippen LogP contribution is -2.16. The third-order valence-electron chi connectivity index (χ3n) is 2.87. The predicted molar refractivity (Wildman–Crippen MR) is 68.0 cm³/mol. The van der Waals surface area contributed by atoms with Gasteiger partial charge in [-0.25, -0.2) is 0 Å². The third-order valence-corrected chi connectivity index (χ3v) is 2.87. The van der Waals surface area contributed by atoms with Crippen molar-refractivity contribution < 1.29 is 14.9 Å². The van der Waals surface area contributed by atoms with E-state index in [1.54, 1.807) is 12.2 Å². The maximum absolute atomic E-state index is 9.96. The standard InChI is InChI=1S/C13H17NO3/c1-8(10(3)15)6-7-9(2)11-12(14-4)13(11,16)17-5/h6-7,11-12,15-16H,1-4H2,5H3/b7-6-. The van der Waals surface area contributed by atoms with Crippen molar-refractivity contribution in [2.24, 2.45) is 10.9 Å². The lowest BCUT2D eigenvalue weighted by Gasteiger charge is -2.06. The van der Waals surface area contributed by atoms with E-state index in [0.717, 1.165) is 0 Å². The first-order valence-electron chi connectivity index (χ1n) is 5.05. The van der Waals surface area contributed by atoms with E-state index < -0.39 is 11.8 Å². The Labute approximate surface area is 101 Å². The largest absolute Gasteiger partial charge is 0.508 e. The van der Waals surface area contributed by atoms with Crippen molar-refractivity contribution in [2.45, 2.75) is 11.8 Å².